The lowest BCUT2D eigenvalue weighted by molar-refractivity contribution is -0.119. The maximum atomic E-state index is 12.9. The van der Waals surface area contributed by atoms with Gasteiger partial charge in [0.25, 0.3) is 11.8 Å². The molecule has 0 aliphatic carbocycles. The van der Waals surface area contributed by atoms with Crippen LogP contribution in [0.1, 0.15) is 0 Å². The first-order valence-corrected chi connectivity index (χ1v) is 4.48. The Bertz CT molecular complexity index is 466. The molecule has 1 aliphatic rings. The minimum Gasteiger partial charge on any atom is -0.269 e. The fourth-order valence-corrected chi connectivity index (χ4v) is 1.50. The molecule has 0 atom stereocenters. The third-order valence-electron chi connectivity index (χ3n) is 1.96. The van der Waals surface area contributed by atoms with Crippen LogP contribution in [0.25, 0.3) is 0 Å². The van der Waals surface area contributed by atoms with Gasteiger partial charge in [0.15, 0.2) is 0 Å². The van der Waals surface area contributed by atoms with Crippen LogP contribution >= 0.6 is 11.6 Å². The summed E-state index contributed by atoms with van der Waals surface area (Å²) in [6.45, 7) is 0. The summed E-state index contributed by atoms with van der Waals surface area (Å²) in [5.74, 6) is -1.60. The Labute approximate surface area is 89.7 Å². The van der Waals surface area contributed by atoms with Crippen molar-refractivity contribution < 1.29 is 14.0 Å². The van der Waals surface area contributed by atoms with Crippen molar-refractivity contribution in [3.63, 3.8) is 0 Å². The normalized spacial score (nSPS) is 15.2. The fraction of sp³-hybridized carbons (Fsp3) is 0. The van der Waals surface area contributed by atoms with Gasteiger partial charge in [-0.1, -0.05) is 11.6 Å². The van der Waals surface area contributed by atoms with E-state index >= 15 is 0 Å². The summed E-state index contributed by atoms with van der Waals surface area (Å²) in [5.41, 5.74) is 0.0664. The van der Waals surface area contributed by atoms with E-state index in [0.717, 1.165) is 29.2 Å². The molecule has 0 saturated carbocycles. The number of nitrogens with zero attached hydrogens (tertiary/aromatic N) is 1. The molecule has 3 nitrogen and oxygen atoms in total. The highest BCUT2D eigenvalue weighted by Gasteiger charge is 2.27. The Kier molecular flexibility index (Phi) is 2.28. The lowest BCUT2D eigenvalue weighted by Crippen LogP contribution is -2.29. The first-order valence-electron chi connectivity index (χ1n) is 4.11. The van der Waals surface area contributed by atoms with Crippen molar-refractivity contribution in [2.45, 2.75) is 0 Å². The maximum absolute atomic E-state index is 12.9. The standard InChI is InChI=1S/C10H5ClFNO2/c11-7-2-1-6(12)5-8(7)13-9(14)3-4-10(13)15/h1-5H. The van der Waals surface area contributed by atoms with Crippen molar-refractivity contribution in [2.24, 2.45) is 0 Å². The number of anilines is 1. The lowest BCUT2D eigenvalue weighted by atomic mass is 10.3. The number of imide groups is 1. The zero-order valence-electron chi connectivity index (χ0n) is 7.41. The predicted octanol–water partition coefficient (Wildman–Crippen LogP) is 1.91. The second-order valence-electron chi connectivity index (χ2n) is 2.94. The second kappa shape index (κ2) is 3.47. The van der Waals surface area contributed by atoms with Gasteiger partial charge in [0, 0.05) is 12.2 Å². The molecule has 0 spiro atoms. The third kappa shape index (κ3) is 1.64. The van der Waals surface area contributed by atoms with Crippen LogP contribution in [0.3, 0.4) is 0 Å². The van der Waals surface area contributed by atoms with Crippen molar-refractivity contribution in [3.8, 4) is 0 Å². The van der Waals surface area contributed by atoms with Crippen molar-refractivity contribution in [3.05, 3.63) is 41.2 Å². The quantitative estimate of drug-likeness (QED) is 0.685. The molecule has 2 amide bonds. The zero-order valence-corrected chi connectivity index (χ0v) is 8.16. The number of hydrogen-bond donors (Lipinski definition) is 0. The van der Waals surface area contributed by atoms with E-state index in [0.29, 0.717) is 0 Å². The van der Waals surface area contributed by atoms with Gasteiger partial charge in [-0.2, -0.15) is 0 Å². The van der Waals surface area contributed by atoms with E-state index in [4.69, 9.17) is 11.6 Å². The molecule has 0 saturated heterocycles. The van der Waals surface area contributed by atoms with Gasteiger partial charge in [0.1, 0.15) is 5.82 Å². The molecule has 0 N–H and O–H groups in total. The van der Waals surface area contributed by atoms with E-state index in [1.165, 1.54) is 6.07 Å². The molecule has 5 heteroatoms. The Morgan fingerprint density at radius 1 is 1.13 bits per heavy atom. The zero-order chi connectivity index (χ0) is 11.0. The van der Waals surface area contributed by atoms with E-state index in [1.54, 1.807) is 0 Å². The molecule has 0 unspecified atom stereocenters. The highest BCUT2D eigenvalue weighted by molar-refractivity contribution is 6.37. The lowest BCUT2D eigenvalue weighted by Gasteiger charge is -2.15. The number of hydrogen-bond acceptors (Lipinski definition) is 2. The number of carbonyl (C=O) groups excluding carboxylic acids is 2. The molecule has 0 aromatic heterocycles. The van der Waals surface area contributed by atoms with Crippen LogP contribution in [0, 0.1) is 5.82 Å². The summed E-state index contributed by atoms with van der Waals surface area (Å²) >= 11 is 5.77. The SMILES string of the molecule is O=C1C=CC(=O)N1c1cc(F)ccc1Cl. The summed E-state index contributed by atoms with van der Waals surface area (Å²) < 4.78 is 12.9. The van der Waals surface area contributed by atoms with Crippen molar-refractivity contribution >= 4 is 29.1 Å². The average Bonchev–Trinajstić information content (AvgIpc) is 2.51. The molecule has 2 rings (SSSR count). The van der Waals surface area contributed by atoms with Crippen LogP contribution in [0.2, 0.25) is 5.02 Å². The van der Waals surface area contributed by atoms with Gasteiger partial charge in [-0.3, -0.25) is 9.59 Å². The summed E-state index contributed by atoms with van der Waals surface area (Å²) in [5, 5.41) is 0.154. The molecule has 0 bridgehead atoms. The molecular weight excluding hydrogens is 221 g/mol. The Balaban J connectivity index is 2.50. The Morgan fingerprint density at radius 3 is 2.33 bits per heavy atom. The monoisotopic (exact) mass is 225 g/mol. The van der Waals surface area contributed by atoms with Crippen LogP contribution in [0.15, 0.2) is 30.4 Å². The number of carbonyl (C=O) groups is 2. The van der Waals surface area contributed by atoms with Crippen LogP contribution in [-0.2, 0) is 9.59 Å². The molecule has 1 heterocycles. The van der Waals surface area contributed by atoms with E-state index in [1.807, 2.05) is 0 Å². The van der Waals surface area contributed by atoms with Crippen molar-refractivity contribution in [1.29, 1.82) is 0 Å². The van der Waals surface area contributed by atoms with Crippen LogP contribution in [-0.4, -0.2) is 11.8 Å². The number of rotatable bonds is 1. The molecule has 0 fully saturated rings. The van der Waals surface area contributed by atoms with Gasteiger partial charge in [-0.05, 0) is 18.2 Å². The van der Waals surface area contributed by atoms with Gasteiger partial charge in [-0.25, -0.2) is 9.29 Å². The van der Waals surface area contributed by atoms with Crippen LogP contribution in [0.4, 0.5) is 10.1 Å². The Hall–Kier alpha value is -1.68. The predicted molar refractivity (Wildman–Crippen MR) is 53.0 cm³/mol. The van der Waals surface area contributed by atoms with Gasteiger partial charge in [0.2, 0.25) is 0 Å². The Morgan fingerprint density at radius 2 is 1.73 bits per heavy atom. The van der Waals surface area contributed by atoms with E-state index in [2.05, 4.69) is 0 Å². The molecule has 1 aliphatic heterocycles. The summed E-state index contributed by atoms with van der Waals surface area (Å²) in [6.07, 6.45) is 2.23. The molecule has 1 aromatic carbocycles. The molecule has 0 radical (unpaired) electrons. The first-order chi connectivity index (χ1) is 7.09. The van der Waals surface area contributed by atoms with E-state index in [-0.39, 0.29) is 10.7 Å². The molecular formula is C10H5ClFNO2. The van der Waals surface area contributed by atoms with Crippen molar-refractivity contribution in [2.75, 3.05) is 4.90 Å². The number of amides is 2. The highest BCUT2D eigenvalue weighted by atomic mass is 35.5. The molecule has 1 aromatic rings. The molecule has 76 valence electrons. The van der Waals surface area contributed by atoms with Gasteiger partial charge in [0.05, 0.1) is 10.7 Å². The fourth-order valence-electron chi connectivity index (χ4n) is 1.29. The number of halogens is 2. The second-order valence-corrected chi connectivity index (χ2v) is 3.35. The van der Waals surface area contributed by atoms with Gasteiger partial charge >= 0.3 is 0 Å². The van der Waals surface area contributed by atoms with Gasteiger partial charge in [-0.15, -0.1) is 0 Å². The average molecular weight is 226 g/mol. The maximum Gasteiger partial charge on any atom is 0.258 e. The van der Waals surface area contributed by atoms with E-state index < -0.39 is 17.6 Å². The first kappa shape index (κ1) is 9.86. The topological polar surface area (TPSA) is 37.4 Å². The van der Waals surface area contributed by atoms with Crippen LogP contribution in [0.5, 0.6) is 0 Å². The minimum absolute atomic E-state index is 0.0664. The van der Waals surface area contributed by atoms with Crippen LogP contribution < -0.4 is 4.90 Å². The summed E-state index contributed by atoms with van der Waals surface area (Å²) in [4.78, 5) is 23.4. The van der Waals surface area contributed by atoms with Gasteiger partial charge < -0.3 is 0 Å². The minimum atomic E-state index is -0.554. The van der Waals surface area contributed by atoms with Crippen molar-refractivity contribution in [1.82, 2.24) is 0 Å². The number of benzene rings is 1. The molecule has 15 heavy (non-hydrogen) atoms. The summed E-state index contributed by atoms with van der Waals surface area (Å²) in [7, 11) is 0. The smallest absolute Gasteiger partial charge is 0.258 e. The largest absolute Gasteiger partial charge is 0.269 e. The summed E-state index contributed by atoms with van der Waals surface area (Å²) in [6, 6.07) is 3.50. The highest BCUT2D eigenvalue weighted by Crippen LogP contribution is 2.28. The van der Waals surface area contributed by atoms with E-state index in [9.17, 15) is 14.0 Å². The third-order valence-corrected chi connectivity index (χ3v) is 2.28.